The molecule has 0 radical (unpaired) electrons. The van der Waals surface area contributed by atoms with Gasteiger partial charge >= 0.3 is 0 Å². The number of benzene rings is 2. The molecule has 3 atom stereocenters. The van der Waals surface area contributed by atoms with E-state index in [0.29, 0.717) is 12.0 Å². The summed E-state index contributed by atoms with van der Waals surface area (Å²) in [6.07, 6.45) is 7.29. The molecule has 0 heterocycles. The summed E-state index contributed by atoms with van der Waals surface area (Å²) in [5.41, 5.74) is 5.64. The van der Waals surface area contributed by atoms with Gasteiger partial charge in [0.25, 0.3) is 0 Å². The summed E-state index contributed by atoms with van der Waals surface area (Å²) >= 11 is 6.23. The number of hydrogen-bond donors (Lipinski definition) is 0. The van der Waals surface area contributed by atoms with Gasteiger partial charge in [-0.3, -0.25) is 4.90 Å². The third kappa shape index (κ3) is 5.29. The zero-order valence-corrected chi connectivity index (χ0v) is 21.2. The molecule has 0 bridgehead atoms. The fourth-order valence-corrected chi connectivity index (χ4v) is 6.03. The van der Waals surface area contributed by atoms with Crippen molar-refractivity contribution in [3.05, 3.63) is 64.2 Å². The number of hydrogen-bond acceptors (Lipinski definition) is 2. The van der Waals surface area contributed by atoms with E-state index in [1.807, 2.05) is 0 Å². The quantitative estimate of drug-likeness (QED) is 0.416. The smallest absolute Gasteiger partial charge is 0.0458 e. The topological polar surface area (TPSA) is 6.48 Å². The molecule has 3 rings (SSSR count). The molecule has 1 aliphatic carbocycles. The Balaban J connectivity index is 1.97. The van der Waals surface area contributed by atoms with Crippen molar-refractivity contribution < 1.29 is 0 Å². The van der Waals surface area contributed by atoms with Crippen molar-refractivity contribution in [2.45, 2.75) is 77.8 Å². The molecule has 0 aromatic heterocycles. The van der Waals surface area contributed by atoms with Crippen LogP contribution in [0.15, 0.2) is 42.5 Å². The van der Waals surface area contributed by atoms with E-state index >= 15 is 0 Å². The van der Waals surface area contributed by atoms with Crippen LogP contribution < -0.4 is 4.90 Å². The van der Waals surface area contributed by atoms with Gasteiger partial charge in [-0.15, -0.1) is 0 Å². The zero-order valence-electron chi connectivity index (χ0n) is 20.4. The van der Waals surface area contributed by atoms with Crippen LogP contribution in [0.3, 0.4) is 0 Å². The SMILES string of the molecule is CCCC1CC(c2ccc(Cl)cc2)(N(C)C)CCC1N(CCC)c1cc(C)cc(C)c1. The Bertz CT molecular complexity index is 824. The van der Waals surface area contributed by atoms with Crippen LogP contribution in [0.2, 0.25) is 5.02 Å². The fraction of sp³-hybridized carbons (Fsp3) is 0.571. The largest absolute Gasteiger partial charge is 0.368 e. The van der Waals surface area contributed by atoms with Gasteiger partial charge < -0.3 is 4.90 Å². The number of halogens is 1. The van der Waals surface area contributed by atoms with Crippen molar-refractivity contribution in [1.29, 1.82) is 0 Å². The highest BCUT2D eigenvalue weighted by Crippen LogP contribution is 2.47. The number of anilines is 1. The van der Waals surface area contributed by atoms with Crippen molar-refractivity contribution in [2.24, 2.45) is 5.92 Å². The second-order valence-corrected chi connectivity index (χ2v) is 10.3. The van der Waals surface area contributed by atoms with Crippen LogP contribution in [0.5, 0.6) is 0 Å². The molecule has 0 N–H and O–H groups in total. The van der Waals surface area contributed by atoms with Crippen molar-refractivity contribution >= 4 is 17.3 Å². The van der Waals surface area contributed by atoms with E-state index in [2.05, 4.69) is 94.1 Å². The molecular formula is C28H41ClN2. The van der Waals surface area contributed by atoms with E-state index in [0.717, 1.165) is 11.6 Å². The lowest BCUT2D eigenvalue weighted by atomic mass is 9.67. The number of aryl methyl sites for hydroxylation is 2. The number of rotatable bonds is 8. The molecule has 0 amide bonds. The summed E-state index contributed by atoms with van der Waals surface area (Å²) in [7, 11) is 4.51. The van der Waals surface area contributed by atoms with Gasteiger partial charge in [0.05, 0.1) is 0 Å². The molecule has 2 aromatic rings. The van der Waals surface area contributed by atoms with Crippen LogP contribution in [0.1, 0.15) is 69.1 Å². The van der Waals surface area contributed by atoms with E-state index in [-0.39, 0.29) is 5.54 Å². The van der Waals surface area contributed by atoms with E-state index in [9.17, 15) is 0 Å². The van der Waals surface area contributed by atoms with Gasteiger partial charge in [0.1, 0.15) is 0 Å². The van der Waals surface area contributed by atoms with Crippen molar-refractivity contribution in [2.75, 3.05) is 25.5 Å². The van der Waals surface area contributed by atoms with Gasteiger partial charge in [0, 0.05) is 28.8 Å². The van der Waals surface area contributed by atoms with Gasteiger partial charge in [0.2, 0.25) is 0 Å². The Kier molecular flexibility index (Phi) is 8.10. The van der Waals surface area contributed by atoms with E-state index in [1.54, 1.807) is 0 Å². The lowest BCUT2D eigenvalue weighted by molar-refractivity contribution is 0.0536. The Morgan fingerprint density at radius 3 is 2.16 bits per heavy atom. The van der Waals surface area contributed by atoms with Gasteiger partial charge in [-0.25, -0.2) is 0 Å². The maximum absolute atomic E-state index is 6.23. The molecule has 3 heteroatoms. The molecule has 0 spiro atoms. The first-order valence-electron chi connectivity index (χ1n) is 12.1. The molecule has 170 valence electrons. The van der Waals surface area contributed by atoms with Crippen molar-refractivity contribution in [3.8, 4) is 0 Å². The highest BCUT2D eigenvalue weighted by molar-refractivity contribution is 6.30. The third-order valence-electron chi connectivity index (χ3n) is 7.30. The van der Waals surface area contributed by atoms with Gasteiger partial charge in [-0.1, -0.05) is 50.1 Å². The molecule has 3 unspecified atom stereocenters. The Morgan fingerprint density at radius 2 is 1.61 bits per heavy atom. The first kappa shape index (κ1) is 24.1. The maximum Gasteiger partial charge on any atom is 0.0458 e. The van der Waals surface area contributed by atoms with Crippen LogP contribution in [-0.4, -0.2) is 31.6 Å². The second kappa shape index (κ2) is 10.4. The highest BCUT2D eigenvalue weighted by atomic mass is 35.5. The number of nitrogens with zero attached hydrogens (tertiary/aromatic N) is 2. The van der Waals surface area contributed by atoms with Crippen molar-refractivity contribution in [1.82, 2.24) is 4.90 Å². The lowest BCUT2D eigenvalue weighted by Gasteiger charge is -2.52. The molecule has 2 nitrogen and oxygen atoms in total. The standard InChI is InChI=1S/C28H41ClN2/c1-7-9-23-20-28(30(5)6,24-10-12-25(29)13-11-24)15-14-27(23)31(16-8-2)26-18-21(3)17-22(4)19-26/h10-13,17-19,23,27H,7-9,14-16,20H2,1-6H3. The zero-order chi connectivity index (χ0) is 22.6. The van der Waals surface area contributed by atoms with Crippen LogP contribution in [0, 0.1) is 19.8 Å². The average Bonchev–Trinajstić information content (AvgIpc) is 2.72. The van der Waals surface area contributed by atoms with Crippen LogP contribution in [0.25, 0.3) is 0 Å². The summed E-state index contributed by atoms with van der Waals surface area (Å²) in [6.45, 7) is 10.2. The van der Waals surface area contributed by atoms with Crippen LogP contribution >= 0.6 is 11.6 Å². The Hall–Kier alpha value is -1.51. The monoisotopic (exact) mass is 440 g/mol. The third-order valence-corrected chi connectivity index (χ3v) is 7.55. The second-order valence-electron chi connectivity index (χ2n) is 9.83. The average molecular weight is 441 g/mol. The van der Waals surface area contributed by atoms with Crippen LogP contribution in [-0.2, 0) is 5.54 Å². The van der Waals surface area contributed by atoms with E-state index in [1.165, 1.54) is 60.9 Å². The fourth-order valence-electron chi connectivity index (χ4n) is 5.90. The first-order valence-corrected chi connectivity index (χ1v) is 12.5. The molecule has 1 saturated carbocycles. The Morgan fingerprint density at radius 1 is 0.968 bits per heavy atom. The van der Waals surface area contributed by atoms with E-state index < -0.39 is 0 Å². The summed E-state index contributed by atoms with van der Waals surface area (Å²) in [5, 5.41) is 0.820. The first-order chi connectivity index (χ1) is 14.8. The maximum atomic E-state index is 6.23. The summed E-state index contributed by atoms with van der Waals surface area (Å²) in [6, 6.07) is 16.3. The summed E-state index contributed by atoms with van der Waals surface area (Å²) in [4.78, 5) is 5.21. The van der Waals surface area contributed by atoms with Gasteiger partial charge in [-0.05, 0) is 107 Å². The van der Waals surface area contributed by atoms with Crippen LogP contribution in [0.4, 0.5) is 5.69 Å². The summed E-state index contributed by atoms with van der Waals surface area (Å²) < 4.78 is 0. The van der Waals surface area contributed by atoms with Gasteiger partial charge in [-0.2, -0.15) is 0 Å². The molecule has 1 fully saturated rings. The highest BCUT2D eigenvalue weighted by Gasteiger charge is 2.44. The molecular weight excluding hydrogens is 400 g/mol. The molecule has 0 saturated heterocycles. The minimum atomic E-state index is 0.0847. The molecule has 1 aliphatic rings. The predicted molar refractivity (Wildman–Crippen MR) is 136 cm³/mol. The molecule has 0 aliphatic heterocycles. The summed E-state index contributed by atoms with van der Waals surface area (Å²) in [5.74, 6) is 0.671. The molecule has 31 heavy (non-hydrogen) atoms. The minimum absolute atomic E-state index is 0.0847. The van der Waals surface area contributed by atoms with E-state index in [4.69, 9.17) is 11.6 Å². The lowest BCUT2D eigenvalue weighted by Crippen LogP contribution is -2.53. The van der Waals surface area contributed by atoms with Crippen molar-refractivity contribution in [3.63, 3.8) is 0 Å². The Labute approximate surface area is 195 Å². The minimum Gasteiger partial charge on any atom is -0.368 e. The normalized spacial score (nSPS) is 23.9. The predicted octanol–water partition coefficient (Wildman–Crippen LogP) is 7.60. The van der Waals surface area contributed by atoms with Gasteiger partial charge in [0.15, 0.2) is 0 Å². The molecule has 2 aromatic carbocycles.